The first-order chi connectivity index (χ1) is 11.8. The summed E-state index contributed by atoms with van der Waals surface area (Å²) in [6.07, 6.45) is 6.78. The number of aromatic nitrogens is 1. The SMILES string of the molecule is O=C(c1ccco1)N1CCO[C@H]2[C@H](OCc3cccnc3)CC[C@@H]21. The molecular weight excluding hydrogens is 308 g/mol. The fourth-order valence-electron chi connectivity index (χ4n) is 3.57. The van der Waals surface area contributed by atoms with Gasteiger partial charge in [-0.25, -0.2) is 0 Å². The maximum absolute atomic E-state index is 12.6. The van der Waals surface area contributed by atoms with Gasteiger partial charge in [0, 0.05) is 18.9 Å². The van der Waals surface area contributed by atoms with Crippen molar-refractivity contribution >= 4 is 5.91 Å². The van der Waals surface area contributed by atoms with E-state index in [0.717, 1.165) is 18.4 Å². The van der Waals surface area contributed by atoms with E-state index in [0.29, 0.717) is 25.5 Å². The van der Waals surface area contributed by atoms with Crippen LogP contribution in [0.5, 0.6) is 0 Å². The number of fused-ring (bicyclic) bond motifs is 1. The summed E-state index contributed by atoms with van der Waals surface area (Å²) in [7, 11) is 0. The molecule has 1 saturated heterocycles. The van der Waals surface area contributed by atoms with Crippen LogP contribution in [0.3, 0.4) is 0 Å². The Hall–Kier alpha value is -2.18. The van der Waals surface area contributed by atoms with Crippen molar-refractivity contribution in [2.24, 2.45) is 0 Å². The van der Waals surface area contributed by atoms with Crippen LogP contribution in [0.25, 0.3) is 0 Å². The van der Waals surface area contributed by atoms with Gasteiger partial charge in [0.25, 0.3) is 5.91 Å². The number of pyridine rings is 1. The third-order valence-electron chi connectivity index (χ3n) is 4.72. The van der Waals surface area contributed by atoms with E-state index in [-0.39, 0.29) is 24.2 Å². The van der Waals surface area contributed by atoms with Gasteiger partial charge in [0.2, 0.25) is 0 Å². The average Bonchev–Trinajstić information content (AvgIpc) is 3.30. The van der Waals surface area contributed by atoms with E-state index < -0.39 is 0 Å². The summed E-state index contributed by atoms with van der Waals surface area (Å²) >= 11 is 0. The van der Waals surface area contributed by atoms with Crippen molar-refractivity contribution in [2.45, 2.75) is 37.7 Å². The molecule has 0 spiro atoms. The Morgan fingerprint density at radius 3 is 3.08 bits per heavy atom. The van der Waals surface area contributed by atoms with Crippen molar-refractivity contribution in [1.29, 1.82) is 0 Å². The van der Waals surface area contributed by atoms with Crippen molar-refractivity contribution < 1.29 is 18.7 Å². The predicted octanol–water partition coefficient (Wildman–Crippen LogP) is 2.26. The van der Waals surface area contributed by atoms with E-state index in [2.05, 4.69) is 4.98 Å². The Kier molecular flexibility index (Phi) is 4.32. The number of amides is 1. The molecule has 6 nitrogen and oxygen atoms in total. The van der Waals surface area contributed by atoms with E-state index in [9.17, 15) is 4.79 Å². The van der Waals surface area contributed by atoms with Crippen LogP contribution < -0.4 is 0 Å². The van der Waals surface area contributed by atoms with Gasteiger partial charge in [-0.2, -0.15) is 0 Å². The lowest BCUT2D eigenvalue weighted by Crippen LogP contribution is -2.53. The number of nitrogens with zero attached hydrogens (tertiary/aromatic N) is 2. The highest BCUT2D eigenvalue weighted by Gasteiger charge is 2.45. The first kappa shape index (κ1) is 15.4. The Bertz CT molecular complexity index is 674. The van der Waals surface area contributed by atoms with Crippen molar-refractivity contribution in [1.82, 2.24) is 9.88 Å². The van der Waals surface area contributed by atoms with Crippen LogP contribution in [0, 0.1) is 0 Å². The van der Waals surface area contributed by atoms with E-state index in [4.69, 9.17) is 13.9 Å². The number of hydrogen-bond donors (Lipinski definition) is 0. The molecule has 0 bridgehead atoms. The standard InChI is InChI=1S/C18H20N2O4/c21-18(16-4-2-9-22-16)20-8-10-23-17-14(20)5-6-15(17)24-12-13-3-1-7-19-11-13/h1-4,7,9,11,14-15,17H,5-6,8,10,12H2/t14-,15+,17+/m0/s1. The fourth-order valence-corrected chi connectivity index (χ4v) is 3.57. The van der Waals surface area contributed by atoms with E-state index in [1.165, 1.54) is 6.26 Å². The molecule has 0 N–H and O–H groups in total. The topological polar surface area (TPSA) is 64.8 Å². The van der Waals surface area contributed by atoms with Gasteiger partial charge in [-0.1, -0.05) is 6.07 Å². The summed E-state index contributed by atoms with van der Waals surface area (Å²) < 4.78 is 17.2. The summed E-state index contributed by atoms with van der Waals surface area (Å²) in [5.41, 5.74) is 1.04. The molecule has 0 aromatic carbocycles. The Labute approximate surface area is 140 Å². The number of furan rings is 1. The highest BCUT2D eigenvalue weighted by Crippen LogP contribution is 2.33. The summed E-state index contributed by atoms with van der Waals surface area (Å²) in [5, 5.41) is 0. The highest BCUT2D eigenvalue weighted by atomic mass is 16.5. The quantitative estimate of drug-likeness (QED) is 0.861. The third-order valence-corrected chi connectivity index (χ3v) is 4.72. The van der Waals surface area contributed by atoms with Gasteiger partial charge in [0.15, 0.2) is 5.76 Å². The fraction of sp³-hybridized carbons (Fsp3) is 0.444. The maximum atomic E-state index is 12.6. The van der Waals surface area contributed by atoms with Gasteiger partial charge in [0.05, 0.1) is 31.6 Å². The minimum Gasteiger partial charge on any atom is -0.459 e. The first-order valence-electron chi connectivity index (χ1n) is 8.29. The third kappa shape index (κ3) is 2.95. The minimum atomic E-state index is -0.0747. The largest absolute Gasteiger partial charge is 0.459 e. The van der Waals surface area contributed by atoms with Crippen molar-refractivity contribution in [3.8, 4) is 0 Å². The minimum absolute atomic E-state index is 0.00223. The zero-order valence-corrected chi connectivity index (χ0v) is 13.3. The maximum Gasteiger partial charge on any atom is 0.289 e. The number of rotatable bonds is 4. The van der Waals surface area contributed by atoms with Crippen molar-refractivity contribution in [2.75, 3.05) is 13.2 Å². The van der Waals surface area contributed by atoms with Gasteiger partial charge in [-0.3, -0.25) is 9.78 Å². The van der Waals surface area contributed by atoms with Gasteiger partial charge < -0.3 is 18.8 Å². The molecule has 126 valence electrons. The summed E-state index contributed by atoms with van der Waals surface area (Å²) in [4.78, 5) is 18.6. The second-order valence-corrected chi connectivity index (χ2v) is 6.17. The zero-order chi connectivity index (χ0) is 16.4. The number of hydrogen-bond acceptors (Lipinski definition) is 5. The van der Waals surface area contributed by atoms with Gasteiger partial charge >= 0.3 is 0 Å². The summed E-state index contributed by atoms with van der Waals surface area (Å²) in [6.45, 7) is 1.63. The predicted molar refractivity (Wildman–Crippen MR) is 85.3 cm³/mol. The van der Waals surface area contributed by atoms with Crippen molar-refractivity contribution in [3.05, 3.63) is 54.2 Å². The number of ether oxygens (including phenoxy) is 2. The van der Waals surface area contributed by atoms with E-state index >= 15 is 0 Å². The average molecular weight is 328 g/mol. The zero-order valence-electron chi connectivity index (χ0n) is 13.3. The van der Waals surface area contributed by atoms with Crippen LogP contribution in [-0.4, -0.2) is 47.2 Å². The second-order valence-electron chi connectivity index (χ2n) is 6.17. The Balaban J connectivity index is 1.42. The van der Waals surface area contributed by atoms with Crippen LogP contribution in [-0.2, 0) is 16.1 Å². The van der Waals surface area contributed by atoms with E-state index in [1.54, 1.807) is 24.5 Å². The van der Waals surface area contributed by atoms with Crippen LogP contribution in [0.15, 0.2) is 47.3 Å². The van der Waals surface area contributed by atoms with Gasteiger partial charge in [-0.15, -0.1) is 0 Å². The lowest BCUT2D eigenvalue weighted by molar-refractivity contribution is -0.108. The molecule has 4 rings (SSSR count). The monoisotopic (exact) mass is 328 g/mol. The molecule has 2 aromatic heterocycles. The van der Waals surface area contributed by atoms with Crippen LogP contribution in [0.4, 0.5) is 0 Å². The van der Waals surface area contributed by atoms with Gasteiger partial charge in [0.1, 0.15) is 6.10 Å². The number of carbonyl (C=O) groups excluding carboxylic acids is 1. The highest BCUT2D eigenvalue weighted by molar-refractivity contribution is 5.91. The summed E-state index contributed by atoms with van der Waals surface area (Å²) in [5.74, 6) is 0.321. The first-order valence-corrected chi connectivity index (χ1v) is 8.29. The van der Waals surface area contributed by atoms with Gasteiger partial charge in [-0.05, 0) is 36.6 Å². The smallest absolute Gasteiger partial charge is 0.289 e. The normalized spacial score (nSPS) is 26.3. The molecule has 1 amide bonds. The molecular formula is C18H20N2O4. The molecule has 0 radical (unpaired) electrons. The van der Waals surface area contributed by atoms with E-state index in [1.807, 2.05) is 17.0 Å². The second kappa shape index (κ2) is 6.75. The molecule has 2 aliphatic rings. The Morgan fingerprint density at radius 1 is 1.33 bits per heavy atom. The van der Waals surface area contributed by atoms with Crippen LogP contribution >= 0.6 is 0 Å². The molecule has 3 atom stereocenters. The summed E-state index contributed by atoms with van der Waals surface area (Å²) in [6, 6.07) is 7.39. The molecule has 3 heterocycles. The number of morpholine rings is 1. The molecule has 2 aromatic rings. The number of carbonyl (C=O) groups is 1. The molecule has 24 heavy (non-hydrogen) atoms. The van der Waals surface area contributed by atoms with Crippen LogP contribution in [0.1, 0.15) is 29.0 Å². The molecule has 1 saturated carbocycles. The lowest BCUT2D eigenvalue weighted by Gasteiger charge is -2.38. The molecule has 2 fully saturated rings. The van der Waals surface area contributed by atoms with Crippen LogP contribution in [0.2, 0.25) is 0 Å². The lowest BCUT2D eigenvalue weighted by atomic mass is 10.1. The molecule has 6 heteroatoms. The Morgan fingerprint density at radius 2 is 2.29 bits per heavy atom. The van der Waals surface area contributed by atoms with Crippen molar-refractivity contribution in [3.63, 3.8) is 0 Å². The molecule has 1 aliphatic heterocycles. The molecule has 0 unspecified atom stereocenters. The molecule has 1 aliphatic carbocycles.